The number of rotatable bonds is 5. The Morgan fingerprint density at radius 1 is 1.56 bits per heavy atom. The van der Waals surface area contributed by atoms with Gasteiger partial charge in [0.1, 0.15) is 0 Å². The summed E-state index contributed by atoms with van der Waals surface area (Å²) < 4.78 is 0. The van der Waals surface area contributed by atoms with Gasteiger partial charge in [0.2, 0.25) is 0 Å². The quantitative estimate of drug-likeness (QED) is 0.855. The van der Waals surface area contributed by atoms with Gasteiger partial charge in [0.05, 0.1) is 0 Å². The highest BCUT2D eigenvalue weighted by atomic mass is 35.5. The number of hydrogen-bond acceptors (Lipinski definition) is 3. The summed E-state index contributed by atoms with van der Waals surface area (Å²) in [6.07, 6.45) is 0.923. The zero-order valence-corrected chi connectivity index (χ0v) is 11.2. The average Bonchev–Trinajstić information content (AvgIpc) is 2.68. The highest BCUT2D eigenvalue weighted by Crippen LogP contribution is 2.08. The monoisotopic (exact) mass is 262 g/mol. The van der Waals surface area contributed by atoms with Crippen molar-refractivity contribution in [2.24, 2.45) is 11.7 Å². The largest absolute Gasteiger partial charge is 0.348 e. The van der Waals surface area contributed by atoms with Gasteiger partial charge in [-0.25, -0.2) is 0 Å². The van der Waals surface area contributed by atoms with E-state index >= 15 is 0 Å². The van der Waals surface area contributed by atoms with Crippen LogP contribution in [0.4, 0.5) is 0 Å². The van der Waals surface area contributed by atoms with Crippen LogP contribution in [-0.4, -0.2) is 18.5 Å². The summed E-state index contributed by atoms with van der Waals surface area (Å²) in [4.78, 5) is 11.7. The van der Waals surface area contributed by atoms with Crippen LogP contribution in [0.2, 0.25) is 0 Å². The molecule has 1 heterocycles. The number of carbonyl (C=O) groups excluding carboxylic acids is 1. The van der Waals surface area contributed by atoms with Crippen molar-refractivity contribution >= 4 is 29.7 Å². The van der Waals surface area contributed by atoms with E-state index in [1.807, 2.05) is 16.8 Å². The van der Waals surface area contributed by atoms with Gasteiger partial charge in [-0.3, -0.25) is 4.79 Å². The van der Waals surface area contributed by atoms with Crippen LogP contribution in [-0.2, 0) is 0 Å². The van der Waals surface area contributed by atoms with Crippen molar-refractivity contribution in [2.45, 2.75) is 26.3 Å². The lowest BCUT2D eigenvalue weighted by Gasteiger charge is -2.18. The molecule has 1 atom stereocenters. The van der Waals surface area contributed by atoms with Crippen LogP contribution < -0.4 is 11.1 Å². The fourth-order valence-electron chi connectivity index (χ4n) is 1.45. The number of amides is 1. The molecule has 0 aliphatic carbocycles. The second-order valence-electron chi connectivity index (χ2n) is 4.05. The van der Waals surface area contributed by atoms with Gasteiger partial charge in [-0.1, -0.05) is 13.8 Å². The first-order valence-electron chi connectivity index (χ1n) is 5.16. The maximum Gasteiger partial charge on any atom is 0.252 e. The van der Waals surface area contributed by atoms with Crippen LogP contribution in [0.3, 0.4) is 0 Å². The summed E-state index contributed by atoms with van der Waals surface area (Å²) in [5, 5.41) is 6.69. The minimum absolute atomic E-state index is 0. The summed E-state index contributed by atoms with van der Waals surface area (Å²) in [5.74, 6) is 0.522. The first kappa shape index (κ1) is 15.4. The third-order valence-electron chi connectivity index (χ3n) is 2.16. The van der Waals surface area contributed by atoms with E-state index in [1.54, 1.807) is 0 Å². The molecule has 1 amide bonds. The lowest BCUT2D eigenvalue weighted by Crippen LogP contribution is -2.40. The van der Waals surface area contributed by atoms with Crippen LogP contribution in [0.15, 0.2) is 16.8 Å². The van der Waals surface area contributed by atoms with Crippen molar-refractivity contribution in [1.82, 2.24) is 5.32 Å². The Kier molecular flexibility index (Phi) is 7.38. The molecule has 0 fully saturated rings. The van der Waals surface area contributed by atoms with Crippen LogP contribution in [0.25, 0.3) is 0 Å². The lowest BCUT2D eigenvalue weighted by atomic mass is 10.0. The molecule has 1 unspecified atom stereocenters. The fraction of sp³-hybridized carbons (Fsp3) is 0.545. The van der Waals surface area contributed by atoms with Crippen molar-refractivity contribution in [3.8, 4) is 0 Å². The molecule has 3 nitrogen and oxygen atoms in total. The number of nitrogens with one attached hydrogen (secondary N) is 1. The number of thiophene rings is 1. The third kappa shape index (κ3) is 4.96. The Balaban J connectivity index is 0.00000225. The fourth-order valence-corrected chi connectivity index (χ4v) is 2.08. The van der Waals surface area contributed by atoms with Gasteiger partial charge in [0, 0.05) is 23.5 Å². The van der Waals surface area contributed by atoms with Gasteiger partial charge in [0.25, 0.3) is 5.91 Å². The lowest BCUT2D eigenvalue weighted by molar-refractivity contribution is 0.0934. The standard InChI is InChI=1S/C11H18N2OS.ClH/c1-8(2)5-10(6-12)13-11(14)9-3-4-15-7-9;/h3-4,7-8,10H,5-6,12H2,1-2H3,(H,13,14);1H. The summed E-state index contributed by atoms with van der Waals surface area (Å²) >= 11 is 1.52. The van der Waals surface area contributed by atoms with E-state index in [2.05, 4.69) is 19.2 Å². The van der Waals surface area contributed by atoms with Gasteiger partial charge < -0.3 is 11.1 Å². The van der Waals surface area contributed by atoms with Gasteiger partial charge in [-0.15, -0.1) is 12.4 Å². The number of carbonyl (C=O) groups is 1. The second kappa shape index (κ2) is 7.65. The van der Waals surface area contributed by atoms with E-state index in [0.29, 0.717) is 12.5 Å². The van der Waals surface area contributed by atoms with Crippen molar-refractivity contribution in [1.29, 1.82) is 0 Å². The van der Waals surface area contributed by atoms with E-state index in [9.17, 15) is 4.79 Å². The summed E-state index contributed by atoms with van der Waals surface area (Å²) in [6.45, 7) is 4.74. The molecule has 0 radical (unpaired) electrons. The normalized spacial score (nSPS) is 12.0. The summed E-state index contributed by atoms with van der Waals surface area (Å²) in [7, 11) is 0. The molecule has 3 N–H and O–H groups in total. The topological polar surface area (TPSA) is 55.1 Å². The number of hydrogen-bond donors (Lipinski definition) is 2. The molecule has 1 aromatic heterocycles. The number of halogens is 1. The molecule has 92 valence electrons. The Bertz CT molecular complexity index is 301. The predicted molar refractivity (Wildman–Crippen MR) is 71.3 cm³/mol. The molecule has 0 bridgehead atoms. The van der Waals surface area contributed by atoms with Crippen LogP contribution >= 0.6 is 23.7 Å². The van der Waals surface area contributed by atoms with Crippen molar-refractivity contribution < 1.29 is 4.79 Å². The zero-order valence-electron chi connectivity index (χ0n) is 9.60. The Labute approximate surface area is 107 Å². The third-order valence-corrected chi connectivity index (χ3v) is 2.84. The minimum atomic E-state index is -0.0210. The van der Waals surface area contributed by atoms with Gasteiger partial charge >= 0.3 is 0 Å². The van der Waals surface area contributed by atoms with Gasteiger partial charge in [0.15, 0.2) is 0 Å². The van der Waals surface area contributed by atoms with E-state index in [4.69, 9.17) is 5.73 Å². The van der Waals surface area contributed by atoms with Gasteiger partial charge in [-0.2, -0.15) is 11.3 Å². The molecule has 1 rings (SSSR count). The van der Waals surface area contributed by atoms with Crippen LogP contribution in [0.1, 0.15) is 30.6 Å². The molecule has 0 aliphatic heterocycles. The molecule has 0 saturated carbocycles. The minimum Gasteiger partial charge on any atom is -0.348 e. The molecule has 0 aromatic carbocycles. The first-order valence-corrected chi connectivity index (χ1v) is 6.11. The summed E-state index contributed by atoms with van der Waals surface area (Å²) in [6, 6.07) is 1.90. The predicted octanol–water partition coefficient (Wildman–Crippen LogP) is 2.27. The molecule has 1 aromatic rings. The molecule has 0 spiro atoms. The zero-order chi connectivity index (χ0) is 11.3. The van der Waals surface area contributed by atoms with E-state index in [0.717, 1.165) is 12.0 Å². The van der Waals surface area contributed by atoms with Gasteiger partial charge in [-0.05, 0) is 23.8 Å². The van der Waals surface area contributed by atoms with Crippen molar-refractivity contribution in [2.75, 3.05) is 6.54 Å². The van der Waals surface area contributed by atoms with Crippen molar-refractivity contribution in [3.05, 3.63) is 22.4 Å². The van der Waals surface area contributed by atoms with E-state index < -0.39 is 0 Å². The SMILES string of the molecule is CC(C)CC(CN)NC(=O)c1ccsc1.Cl. The maximum atomic E-state index is 11.7. The molecule has 16 heavy (non-hydrogen) atoms. The van der Waals surface area contributed by atoms with Crippen LogP contribution in [0, 0.1) is 5.92 Å². The average molecular weight is 263 g/mol. The molecular formula is C11H19ClN2OS. The highest BCUT2D eigenvalue weighted by molar-refractivity contribution is 7.08. The summed E-state index contributed by atoms with van der Waals surface area (Å²) in [5.41, 5.74) is 6.33. The molecule has 0 saturated heterocycles. The first-order chi connectivity index (χ1) is 7.13. The Morgan fingerprint density at radius 2 is 2.25 bits per heavy atom. The Morgan fingerprint density at radius 3 is 2.69 bits per heavy atom. The maximum absolute atomic E-state index is 11.7. The van der Waals surface area contributed by atoms with Crippen LogP contribution in [0.5, 0.6) is 0 Å². The van der Waals surface area contributed by atoms with E-state index in [1.165, 1.54) is 11.3 Å². The molecule has 0 aliphatic rings. The van der Waals surface area contributed by atoms with E-state index in [-0.39, 0.29) is 24.4 Å². The van der Waals surface area contributed by atoms with Crippen molar-refractivity contribution in [3.63, 3.8) is 0 Å². The molecular weight excluding hydrogens is 244 g/mol. The smallest absolute Gasteiger partial charge is 0.252 e. The number of nitrogens with two attached hydrogens (primary N) is 1. The highest BCUT2D eigenvalue weighted by Gasteiger charge is 2.13. The molecule has 5 heteroatoms. The second-order valence-corrected chi connectivity index (χ2v) is 4.83. The Hall–Kier alpha value is -0.580.